The Morgan fingerprint density at radius 3 is 2.74 bits per heavy atom. The number of anilines is 2. The van der Waals surface area contributed by atoms with Gasteiger partial charge in [0.15, 0.2) is 5.13 Å². The van der Waals surface area contributed by atoms with Gasteiger partial charge in [0.2, 0.25) is 5.91 Å². The van der Waals surface area contributed by atoms with E-state index in [-0.39, 0.29) is 11.7 Å². The molecule has 0 saturated carbocycles. The van der Waals surface area contributed by atoms with E-state index in [1.54, 1.807) is 17.0 Å². The number of rotatable bonds is 4. The summed E-state index contributed by atoms with van der Waals surface area (Å²) in [6.45, 7) is 6.82. The Hall–Kier alpha value is -1.83. The van der Waals surface area contributed by atoms with E-state index in [2.05, 4.69) is 10.2 Å². The van der Waals surface area contributed by atoms with Crippen molar-refractivity contribution in [3.05, 3.63) is 41.2 Å². The van der Waals surface area contributed by atoms with E-state index in [1.165, 1.54) is 49.7 Å². The van der Waals surface area contributed by atoms with Gasteiger partial charge in [0.05, 0.1) is 11.4 Å². The number of carbonyl (C=O) groups excluding carboxylic acids is 1. The van der Waals surface area contributed by atoms with E-state index in [0.717, 1.165) is 38.4 Å². The second-order valence-electron chi connectivity index (χ2n) is 7.66. The number of benzene rings is 1. The molecule has 2 saturated heterocycles. The van der Waals surface area contributed by atoms with Gasteiger partial charge in [-0.25, -0.2) is 9.37 Å². The second kappa shape index (κ2) is 7.66. The van der Waals surface area contributed by atoms with E-state index in [0.29, 0.717) is 16.2 Å². The normalized spacial score (nSPS) is 19.5. The standard InChI is InChI=1S/C20H25FN4OS/c1-15(26)25(18-4-2-16(21)3-5-18)19-23-17(13-27-19)12-24-11-8-20(14-24)6-9-22-10-7-20/h2-5,13,22H,6-12,14H2,1H3. The highest BCUT2D eigenvalue weighted by molar-refractivity contribution is 7.14. The first kappa shape index (κ1) is 18.5. The molecule has 7 heteroatoms. The molecule has 2 aliphatic heterocycles. The lowest BCUT2D eigenvalue weighted by Gasteiger charge is -2.33. The van der Waals surface area contributed by atoms with Gasteiger partial charge in [-0.2, -0.15) is 0 Å². The minimum absolute atomic E-state index is 0.127. The number of likely N-dealkylation sites (tertiary alicyclic amines) is 1. The quantitative estimate of drug-likeness (QED) is 0.870. The topological polar surface area (TPSA) is 48.5 Å². The molecule has 1 N–H and O–H groups in total. The fourth-order valence-electron chi connectivity index (χ4n) is 4.25. The molecule has 3 heterocycles. The number of aromatic nitrogens is 1. The number of nitrogens with zero attached hydrogens (tertiary/aromatic N) is 3. The number of hydrogen-bond acceptors (Lipinski definition) is 5. The first-order valence-corrected chi connectivity index (χ1v) is 10.4. The number of piperidine rings is 1. The molecule has 0 unspecified atom stereocenters. The molecule has 2 fully saturated rings. The highest BCUT2D eigenvalue weighted by Gasteiger charge is 2.38. The summed E-state index contributed by atoms with van der Waals surface area (Å²) in [7, 11) is 0. The van der Waals surface area contributed by atoms with Crippen LogP contribution in [0.2, 0.25) is 0 Å². The molecule has 27 heavy (non-hydrogen) atoms. The summed E-state index contributed by atoms with van der Waals surface area (Å²) in [6, 6.07) is 5.95. The summed E-state index contributed by atoms with van der Waals surface area (Å²) >= 11 is 1.46. The van der Waals surface area contributed by atoms with E-state index in [1.807, 2.05) is 5.38 Å². The fourth-order valence-corrected chi connectivity index (χ4v) is 5.12. The molecule has 1 aromatic carbocycles. The van der Waals surface area contributed by atoms with Crippen molar-refractivity contribution in [2.75, 3.05) is 31.1 Å². The Morgan fingerprint density at radius 1 is 1.30 bits per heavy atom. The van der Waals surface area contributed by atoms with Crippen molar-refractivity contribution in [1.82, 2.24) is 15.2 Å². The number of amides is 1. The monoisotopic (exact) mass is 388 g/mol. The minimum Gasteiger partial charge on any atom is -0.317 e. The molecule has 5 nitrogen and oxygen atoms in total. The molecule has 0 aliphatic carbocycles. The number of hydrogen-bond donors (Lipinski definition) is 1. The van der Waals surface area contributed by atoms with Crippen LogP contribution in [0, 0.1) is 11.2 Å². The first-order valence-electron chi connectivity index (χ1n) is 9.48. The average molecular weight is 389 g/mol. The SMILES string of the molecule is CC(=O)N(c1ccc(F)cc1)c1nc(CN2CCC3(CCNCC3)C2)cs1. The van der Waals surface area contributed by atoms with Crippen molar-refractivity contribution in [2.24, 2.45) is 5.41 Å². The molecule has 0 bridgehead atoms. The fraction of sp³-hybridized carbons (Fsp3) is 0.500. The van der Waals surface area contributed by atoms with Gasteiger partial charge in [0.1, 0.15) is 5.82 Å². The molecule has 2 aromatic rings. The van der Waals surface area contributed by atoms with Crippen LogP contribution < -0.4 is 10.2 Å². The van der Waals surface area contributed by atoms with Crippen LogP contribution in [0.5, 0.6) is 0 Å². The molecular formula is C20H25FN4OS. The molecule has 0 radical (unpaired) electrons. The predicted molar refractivity (Wildman–Crippen MR) is 106 cm³/mol. The summed E-state index contributed by atoms with van der Waals surface area (Å²) in [4.78, 5) is 20.9. The highest BCUT2D eigenvalue weighted by atomic mass is 32.1. The molecule has 2 aliphatic rings. The average Bonchev–Trinajstić information content (AvgIpc) is 3.25. The second-order valence-corrected chi connectivity index (χ2v) is 8.50. The summed E-state index contributed by atoms with van der Waals surface area (Å²) in [5.41, 5.74) is 2.11. The largest absolute Gasteiger partial charge is 0.317 e. The third-order valence-electron chi connectivity index (χ3n) is 5.70. The van der Waals surface area contributed by atoms with Crippen LogP contribution in [0.3, 0.4) is 0 Å². The molecule has 1 amide bonds. The maximum atomic E-state index is 13.2. The van der Waals surface area contributed by atoms with E-state index < -0.39 is 0 Å². The summed E-state index contributed by atoms with van der Waals surface area (Å²) in [5.74, 6) is -0.444. The Balaban J connectivity index is 1.46. The van der Waals surface area contributed by atoms with Crippen molar-refractivity contribution in [3.63, 3.8) is 0 Å². The molecular weight excluding hydrogens is 363 g/mol. The van der Waals surface area contributed by atoms with Crippen LogP contribution >= 0.6 is 11.3 Å². The highest BCUT2D eigenvalue weighted by Crippen LogP contribution is 2.39. The Morgan fingerprint density at radius 2 is 2.04 bits per heavy atom. The van der Waals surface area contributed by atoms with Crippen molar-refractivity contribution >= 4 is 28.1 Å². The van der Waals surface area contributed by atoms with Crippen LogP contribution in [0.25, 0.3) is 0 Å². The summed E-state index contributed by atoms with van der Waals surface area (Å²) < 4.78 is 13.2. The first-order chi connectivity index (χ1) is 13.0. The lowest BCUT2D eigenvalue weighted by Crippen LogP contribution is -2.38. The van der Waals surface area contributed by atoms with Gasteiger partial charge >= 0.3 is 0 Å². The van der Waals surface area contributed by atoms with E-state index in [4.69, 9.17) is 4.98 Å². The van der Waals surface area contributed by atoms with Crippen molar-refractivity contribution in [2.45, 2.75) is 32.7 Å². The summed E-state index contributed by atoms with van der Waals surface area (Å²) in [6.07, 6.45) is 3.78. The number of halogens is 1. The lowest BCUT2D eigenvalue weighted by molar-refractivity contribution is -0.115. The Bertz CT molecular complexity index is 801. The zero-order valence-electron chi connectivity index (χ0n) is 15.6. The van der Waals surface area contributed by atoms with Gasteiger partial charge < -0.3 is 5.32 Å². The zero-order chi connectivity index (χ0) is 18.9. The van der Waals surface area contributed by atoms with Crippen molar-refractivity contribution in [1.29, 1.82) is 0 Å². The van der Waals surface area contributed by atoms with Crippen molar-refractivity contribution in [3.8, 4) is 0 Å². The van der Waals surface area contributed by atoms with Crippen LogP contribution in [-0.2, 0) is 11.3 Å². The number of thiazole rings is 1. The molecule has 1 aromatic heterocycles. The third-order valence-corrected chi connectivity index (χ3v) is 6.57. The van der Waals surface area contributed by atoms with Crippen molar-refractivity contribution < 1.29 is 9.18 Å². The van der Waals surface area contributed by atoms with Crippen LogP contribution in [0.15, 0.2) is 29.6 Å². The van der Waals surface area contributed by atoms with Crippen LogP contribution in [0.1, 0.15) is 31.9 Å². The third kappa shape index (κ3) is 4.05. The smallest absolute Gasteiger partial charge is 0.230 e. The molecule has 1 spiro atoms. The zero-order valence-corrected chi connectivity index (χ0v) is 16.4. The summed E-state index contributed by atoms with van der Waals surface area (Å²) in [5, 5.41) is 6.12. The van der Waals surface area contributed by atoms with Gasteiger partial charge in [-0.1, -0.05) is 0 Å². The van der Waals surface area contributed by atoms with Gasteiger partial charge in [-0.15, -0.1) is 11.3 Å². The van der Waals surface area contributed by atoms with E-state index >= 15 is 0 Å². The Labute approximate surface area is 163 Å². The van der Waals surface area contributed by atoms with Gasteiger partial charge in [0, 0.05) is 25.4 Å². The molecule has 144 valence electrons. The Kier molecular flexibility index (Phi) is 5.25. The van der Waals surface area contributed by atoms with Gasteiger partial charge in [0.25, 0.3) is 0 Å². The number of carbonyl (C=O) groups is 1. The minimum atomic E-state index is -0.317. The molecule has 0 atom stereocenters. The number of nitrogens with one attached hydrogen (secondary N) is 1. The van der Waals surface area contributed by atoms with Crippen LogP contribution in [-0.4, -0.2) is 42.0 Å². The maximum absolute atomic E-state index is 13.2. The maximum Gasteiger partial charge on any atom is 0.230 e. The lowest BCUT2D eigenvalue weighted by atomic mass is 9.78. The van der Waals surface area contributed by atoms with E-state index in [9.17, 15) is 9.18 Å². The molecule has 4 rings (SSSR count). The van der Waals surface area contributed by atoms with Crippen LogP contribution in [0.4, 0.5) is 15.2 Å². The van der Waals surface area contributed by atoms with Gasteiger partial charge in [-0.05, 0) is 68.6 Å². The predicted octanol–water partition coefficient (Wildman–Crippen LogP) is 3.54. The van der Waals surface area contributed by atoms with Gasteiger partial charge in [-0.3, -0.25) is 14.6 Å².